The van der Waals surface area contributed by atoms with Gasteiger partial charge < -0.3 is 30.2 Å². The van der Waals surface area contributed by atoms with Crippen molar-refractivity contribution in [2.45, 2.75) is 13.8 Å². The monoisotopic (exact) mass is 422 g/mol. The molecule has 2 rings (SSSR count). The lowest BCUT2D eigenvalue weighted by molar-refractivity contribution is -0.390. The minimum absolute atomic E-state index is 0.0659. The third-order valence-electron chi connectivity index (χ3n) is 3.60. The van der Waals surface area contributed by atoms with Gasteiger partial charge >= 0.3 is 11.8 Å². The van der Waals surface area contributed by atoms with Crippen molar-refractivity contribution in [2.24, 2.45) is 0 Å². The second-order valence-corrected chi connectivity index (χ2v) is 6.50. The van der Waals surface area contributed by atoms with E-state index in [-0.39, 0.29) is 27.8 Å². The Morgan fingerprint density at radius 3 is 2.69 bits per heavy atom. The van der Waals surface area contributed by atoms with Crippen LogP contribution in [0.3, 0.4) is 0 Å². The number of nitro groups is 1. The number of thiophene rings is 1. The van der Waals surface area contributed by atoms with Gasteiger partial charge in [0.25, 0.3) is 11.8 Å². The van der Waals surface area contributed by atoms with E-state index in [0.29, 0.717) is 5.56 Å². The van der Waals surface area contributed by atoms with E-state index in [1.165, 1.54) is 25.4 Å². The molecule has 29 heavy (non-hydrogen) atoms. The van der Waals surface area contributed by atoms with E-state index in [1.54, 1.807) is 13.8 Å². The highest BCUT2D eigenvalue weighted by Crippen LogP contribution is 2.34. The molecule has 0 radical (unpaired) electrons. The van der Waals surface area contributed by atoms with E-state index < -0.39 is 35.1 Å². The number of carbonyl (C=O) groups excluding carboxylic acids is 3. The lowest BCUT2D eigenvalue weighted by Gasteiger charge is -2.08. The van der Waals surface area contributed by atoms with E-state index in [2.05, 4.69) is 15.6 Å². The molecule has 0 atom stereocenters. The van der Waals surface area contributed by atoms with E-state index >= 15 is 0 Å². The molecule has 12 heteroatoms. The van der Waals surface area contributed by atoms with Crippen LogP contribution in [0, 0.1) is 17.0 Å². The van der Waals surface area contributed by atoms with Crippen molar-refractivity contribution >= 4 is 39.9 Å². The third kappa shape index (κ3) is 5.04. The molecular formula is C17H18N4O7S. The fourth-order valence-electron chi connectivity index (χ4n) is 2.32. The van der Waals surface area contributed by atoms with Gasteiger partial charge in [-0.25, -0.2) is 4.79 Å². The number of esters is 1. The molecule has 0 aliphatic carbocycles. The summed E-state index contributed by atoms with van der Waals surface area (Å²) in [4.78, 5) is 50.6. The second-order valence-electron chi connectivity index (χ2n) is 5.48. The molecule has 2 aromatic rings. The first-order chi connectivity index (χ1) is 13.8. The quantitative estimate of drug-likeness (QED) is 0.372. The SMILES string of the molecule is CCOC(=O)c1c(NC(=O)COc2cccnc2[N+](=O)[O-])sc(C(=O)NC)c1C. The summed E-state index contributed by atoms with van der Waals surface area (Å²) in [6, 6.07) is 2.73. The van der Waals surface area contributed by atoms with E-state index in [1.807, 2.05) is 0 Å². The molecule has 0 spiro atoms. The fraction of sp³-hybridized carbons (Fsp3) is 0.294. The Kier molecular flexibility index (Phi) is 7.20. The van der Waals surface area contributed by atoms with Gasteiger partial charge in [0.1, 0.15) is 11.2 Å². The van der Waals surface area contributed by atoms with E-state index in [9.17, 15) is 24.5 Å². The van der Waals surface area contributed by atoms with Gasteiger partial charge in [-0.2, -0.15) is 0 Å². The van der Waals surface area contributed by atoms with Gasteiger partial charge in [0.15, 0.2) is 6.61 Å². The number of nitrogens with zero attached hydrogens (tertiary/aromatic N) is 2. The van der Waals surface area contributed by atoms with Crippen molar-refractivity contribution in [1.29, 1.82) is 0 Å². The number of rotatable bonds is 8. The van der Waals surface area contributed by atoms with Gasteiger partial charge in [0.05, 0.1) is 17.0 Å². The van der Waals surface area contributed by atoms with Crippen LogP contribution in [0.25, 0.3) is 0 Å². The highest BCUT2D eigenvalue weighted by atomic mass is 32.1. The number of amides is 2. The fourth-order valence-corrected chi connectivity index (χ4v) is 3.48. The molecule has 0 aromatic carbocycles. The molecule has 154 valence electrons. The summed E-state index contributed by atoms with van der Waals surface area (Å²) in [5.74, 6) is -2.48. The average Bonchev–Trinajstić information content (AvgIpc) is 3.01. The molecule has 2 heterocycles. The van der Waals surface area contributed by atoms with Crippen LogP contribution in [-0.2, 0) is 9.53 Å². The largest absolute Gasteiger partial charge is 0.476 e. The lowest BCUT2D eigenvalue weighted by atomic mass is 10.1. The van der Waals surface area contributed by atoms with Crippen molar-refractivity contribution in [1.82, 2.24) is 10.3 Å². The molecule has 0 aliphatic rings. The van der Waals surface area contributed by atoms with Crippen molar-refractivity contribution in [3.05, 3.63) is 44.4 Å². The molecule has 0 unspecified atom stereocenters. The Hall–Kier alpha value is -3.54. The van der Waals surface area contributed by atoms with Crippen LogP contribution in [0.5, 0.6) is 5.75 Å². The Morgan fingerprint density at radius 1 is 1.34 bits per heavy atom. The van der Waals surface area contributed by atoms with Crippen molar-refractivity contribution in [2.75, 3.05) is 25.6 Å². The van der Waals surface area contributed by atoms with Crippen molar-refractivity contribution in [3.63, 3.8) is 0 Å². The number of hydrogen-bond acceptors (Lipinski definition) is 9. The zero-order valence-corrected chi connectivity index (χ0v) is 16.6. The summed E-state index contributed by atoms with van der Waals surface area (Å²) in [5.41, 5.74) is 0.433. The third-order valence-corrected chi connectivity index (χ3v) is 4.80. The molecule has 0 saturated heterocycles. The number of hydrogen-bond donors (Lipinski definition) is 2. The first-order valence-corrected chi connectivity index (χ1v) is 9.16. The lowest BCUT2D eigenvalue weighted by Crippen LogP contribution is -2.21. The summed E-state index contributed by atoms with van der Waals surface area (Å²) >= 11 is 0.910. The maximum absolute atomic E-state index is 12.3. The van der Waals surface area contributed by atoms with Crippen LogP contribution in [0.1, 0.15) is 32.5 Å². The van der Waals surface area contributed by atoms with Gasteiger partial charge in [-0.15, -0.1) is 11.3 Å². The summed E-state index contributed by atoms with van der Waals surface area (Å²) in [6.45, 7) is 2.75. The highest BCUT2D eigenvalue weighted by molar-refractivity contribution is 7.18. The van der Waals surface area contributed by atoms with Crippen LogP contribution >= 0.6 is 11.3 Å². The summed E-state index contributed by atoms with van der Waals surface area (Å²) in [7, 11) is 1.44. The van der Waals surface area contributed by atoms with Gasteiger partial charge in [0.2, 0.25) is 5.75 Å². The van der Waals surface area contributed by atoms with Gasteiger partial charge in [0, 0.05) is 7.05 Å². The molecule has 0 fully saturated rings. The highest BCUT2D eigenvalue weighted by Gasteiger charge is 2.26. The first kappa shape index (κ1) is 21.8. The van der Waals surface area contributed by atoms with Crippen LogP contribution < -0.4 is 15.4 Å². The number of ether oxygens (including phenoxy) is 2. The predicted molar refractivity (Wildman–Crippen MR) is 103 cm³/mol. The summed E-state index contributed by atoms with van der Waals surface area (Å²) in [6.07, 6.45) is 1.23. The number of anilines is 1. The topological polar surface area (TPSA) is 150 Å². The number of carbonyl (C=O) groups is 3. The Bertz CT molecular complexity index is 957. The van der Waals surface area contributed by atoms with Crippen LogP contribution in [0.15, 0.2) is 18.3 Å². The minimum Gasteiger partial charge on any atom is -0.476 e. The standard InChI is InChI=1S/C17H18N4O7S/c1-4-27-17(24)12-9(2)13(15(23)18-3)29-16(12)20-11(22)8-28-10-6-5-7-19-14(10)21(25)26/h5-7H,4,8H2,1-3H3,(H,18,23)(H,20,22). The maximum Gasteiger partial charge on any atom is 0.406 e. The Labute approximate surface area is 169 Å². The normalized spacial score (nSPS) is 10.2. The zero-order chi connectivity index (χ0) is 21.6. The Balaban J connectivity index is 2.22. The second kappa shape index (κ2) is 9.59. The van der Waals surface area contributed by atoms with E-state index in [4.69, 9.17) is 9.47 Å². The van der Waals surface area contributed by atoms with Gasteiger partial charge in [-0.1, -0.05) is 0 Å². The first-order valence-electron chi connectivity index (χ1n) is 8.34. The Morgan fingerprint density at radius 2 is 2.07 bits per heavy atom. The van der Waals surface area contributed by atoms with Crippen molar-refractivity contribution < 1.29 is 28.8 Å². The summed E-state index contributed by atoms with van der Waals surface area (Å²) < 4.78 is 10.2. The number of nitrogens with one attached hydrogen (secondary N) is 2. The predicted octanol–water partition coefficient (Wildman–Crippen LogP) is 1.91. The molecule has 2 aromatic heterocycles. The smallest absolute Gasteiger partial charge is 0.406 e. The zero-order valence-electron chi connectivity index (χ0n) is 15.8. The van der Waals surface area contributed by atoms with Crippen molar-refractivity contribution in [3.8, 4) is 5.75 Å². The number of aromatic nitrogens is 1. The molecule has 2 N–H and O–H groups in total. The minimum atomic E-state index is -0.732. The molecular weight excluding hydrogens is 404 g/mol. The molecule has 0 bridgehead atoms. The number of pyridine rings is 1. The van der Waals surface area contributed by atoms with Crippen LogP contribution in [0.4, 0.5) is 10.8 Å². The molecule has 11 nitrogen and oxygen atoms in total. The average molecular weight is 422 g/mol. The molecule has 0 aliphatic heterocycles. The molecule has 0 saturated carbocycles. The maximum atomic E-state index is 12.3. The van der Waals surface area contributed by atoms with Crippen LogP contribution in [-0.4, -0.2) is 48.0 Å². The van der Waals surface area contributed by atoms with Gasteiger partial charge in [-0.05, 0) is 41.5 Å². The van der Waals surface area contributed by atoms with Gasteiger partial charge in [-0.3, -0.25) is 9.59 Å². The van der Waals surface area contributed by atoms with E-state index in [0.717, 1.165) is 11.3 Å². The molecule has 2 amide bonds. The summed E-state index contributed by atoms with van der Waals surface area (Å²) in [5, 5.41) is 16.0. The van der Waals surface area contributed by atoms with Crippen LogP contribution in [0.2, 0.25) is 0 Å².